The summed E-state index contributed by atoms with van der Waals surface area (Å²) >= 11 is 0. The number of ether oxygens (including phenoxy) is 6. The third kappa shape index (κ3) is 25.9. The van der Waals surface area contributed by atoms with Gasteiger partial charge in [0.25, 0.3) is 17.6 Å². The minimum atomic E-state index is -4.86. The number of rotatable bonds is 16. The number of esters is 1. The van der Waals surface area contributed by atoms with Crippen LogP contribution in [0.2, 0.25) is 0 Å². The first-order valence-electron chi connectivity index (χ1n) is 38.1. The molecular weight excluding hydrogens is 1520 g/mol. The van der Waals surface area contributed by atoms with E-state index in [1.54, 1.807) is 50.4 Å². The van der Waals surface area contributed by atoms with Gasteiger partial charge in [-0.05, 0) is 162 Å². The van der Waals surface area contributed by atoms with Gasteiger partial charge in [-0.15, -0.1) is 0 Å². The summed E-state index contributed by atoms with van der Waals surface area (Å²) in [7, 11) is -2.57. The fourth-order valence-corrected chi connectivity index (χ4v) is 18.1. The van der Waals surface area contributed by atoms with Crippen LogP contribution in [-0.4, -0.2) is 204 Å². The summed E-state index contributed by atoms with van der Waals surface area (Å²) in [4.78, 5) is 95.4. The number of allylic oxidation sites excluding steroid dienone is 6. The van der Waals surface area contributed by atoms with Crippen molar-refractivity contribution in [2.24, 2.45) is 35.5 Å². The van der Waals surface area contributed by atoms with Crippen molar-refractivity contribution in [2.75, 3.05) is 65.1 Å². The number of cyclic esters (lactones) is 1. The molecule has 5 heterocycles. The summed E-state index contributed by atoms with van der Waals surface area (Å²) in [5, 5.41) is 57.4. The van der Waals surface area contributed by atoms with Crippen molar-refractivity contribution in [2.45, 2.75) is 210 Å². The molecule has 0 aromatic heterocycles. The van der Waals surface area contributed by atoms with Gasteiger partial charge in [0.05, 0.1) is 52.3 Å². The maximum atomic E-state index is 14.4. The molecule has 6 N–H and O–H groups in total. The Kier molecular flexibility index (Phi) is 33.7. The third-order valence-electron chi connectivity index (χ3n) is 21.4. The smallest absolute Gasteiger partial charge is 0.417 e. The number of halogens is 4. The number of hydrogen-bond donors (Lipinski definition) is 6. The predicted molar refractivity (Wildman–Crippen MR) is 410 cm³/mol. The van der Waals surface area contributed by atoms with E-state index >= 15 is 0 Å². The lowest BCUT2D eigenvalue weighted by atomic mass is 9.78. The number of amides is 3. The molecule has 0 unspecified atom stereocenters. The number of nitrogens with zero attached hydrogens (tertiary/aromatic N) is 4. The standard InChI is InChI=1S/C51H79NO13.C18H14F4N2O4S.C12H16N3O3P/c1-30-16-12-11-13-17-31(2)42(61-8)28-38-21-19-36(7)51(60,65-38)48(57)49(58)52-23-15-14-18-39(52)50(59)64-43(33(4)26-37-20-22-40(53)44(27-37)62-9)29-41(54)32(3)25-35(6)46(56)47(63-10)45(55)34(5)24-30;1-17(26,10-29(27,28)14-6-3-12(19)4-7-14)16(25)24-13-5-2-11(9-23)15(8-13)18(20,21)22;16-12(18-10-11-4-2-1-3-5-11)13-19(17,14-6-7-14)15-8-9-15/h11-13,16-17,25,30,32-34,36-40,42-44,46-47,53,56,60H,14-15,18-24,26-29H2,1-10H3;2-8,26H,10H2,1H3,(H,24,25);1-5H,6-10H2,(H,13,16,17)/b13-11?,16-12+,31-17?,35-25+;;/t30-,32-,33+,34-,36-,37+,38+,39+,40-,42+,43+,44-,46-,47+,51-;17-;/m10./s1. The second-order valence-electron chi connectivity index (χ2n) is 30.5. The molecule has 3 amide bonds. The molecule has 26 nitrogen and oxygen atoms in total. The molecule has 1 aliphatic carbocycles. The van der Waals surface area contributed by atoms with Crippen molar-refractivity contribution in [3.8, 4) is 6.07 Å². The van der Waals surface area contributed by atoms with Crippen molar-refractivity contribution in [1.82, 2.24) is 19.3 Å². The molecule has 16 atom stereocenters. The van der Waals surface area contributed by atoms with E-state index in [9.17, 15) is 84.5 Å². The number of anilines is 1. The van der Waals surface area contributed by atoms with Crippen LogP contribution in [0.5, 0.6) is 0 Å². The van der Waals surface area contributed by atoms with Crippen LogP contribution in [0.15, 0.2) is 125 Å². The molecule has 2 bridgehead atoms. The van der Waals surface area contributed by atoms with E-state index in [-0.39, 0.29) is 72.0 Å². The number of alkyl halides is 3. The summed E-state index contributed by atoms with van der Waals surface area (Å²) in [5.74, 6) is -11.0. The van der Waals surface area contributed by atoms with Crippen LogP contribution in [0.25, 0.3) is 0 Å². The highest BCUT2D eigenvalue weighted by Crippen LogP contribution is 2.57. The van der Waals surface area contributed by atoms with Gasteiger partial charge in [-0.2, -0.15) is 18.4 Å². The van der Waals surface area contributed by atoms with Crippen LogP contribution in [0.4, 0.5) is 28.0 Å². The first-order valence-corrected chi connectivity index (χ1v) is 41.4. The number of carbonyl (C=O) groups excluding carboxylic acids is 7. The van der Waals surface area contributed by atoms with E-state index in [0.717, 1.165) is 87.1 Å². The van der Waals surface area contributed by atoms with Crippen LogP contribution in [0, 0.1) is 52.7 Å². The van der Waals surface area contributed by atoms with Gasteiger partial charge < -0.3 is 59.1 Å². The number of carbonyl (C=O) groups is 7. The number of hydrogen-bond acceptors (Lipinski definition) is 21. The molecule has 3 aromatic rings. The van der Waals surface area contributed by atoms with Gasteiger partial charge in [0.1, 0.15) is 42.6 Å². The van der Waals surface area contributed by atoms with Crippen LogP contribution in [0.3, 0.4) is 0 Å². The number of nitriles is 1. The number of sulfone groups is 1. The highest BCUT2D eigenvalue weighted by Gasteiger charge is 2.54. The van der Waals surface area contributed by atoms with Gasteiger partial charge in [0.2, 0.25) is 5.79 Å². The molecule has 1 saturated carbocycles. The second kappa shape index (κ2) is 41.2. The van der Waals surface area contributed by atoms with Crippen LogP contribution in [0.1, 0.15) is 149 Å². The molecule has 622 valence electrons. The molecule has 5 aliphatic heterocycles. The molecule has 6 aliphatic rings. The fraction of sp³-hybridized carbons (Fsp3) is 0.580. The zero-order chi connectivity index (χ0) is 83.5. The summed E-state index contributed by atoms with van der Waals surface area (Å²) in [6.45, 7) is 16.9. The molecule has 32 heteroatoms. The first kappa shape index (κ1) is 92.5. The lowest BCUT2D eigenvalue weighted by Gasteiger charge is -2.42. The third-order valence-corrected chi connectivity index (χ3v) is 26.1. The molecular formula is C81H109F4N6O20PS. The Hall–Kier alpha value is -7.70. The predicted octanol–water partition coefficient (Wildman–Crippen LogP) is 10.7. The van der Waals surface area contributed by atoms with Gasteiger partial charge in [-0.1, -0.05) is 101 Å². The maximum Gasteiger partial charge on any atom is 0.417 e. The molecule has 3 aromatic carbocycles. The highest BCUT2D eigenvalue weighted by atomic mass is 32.2. The lowest BCUT2D eigenvalue weighted by molar-refractivity contribution is -0.265. The Morgan fingerprint density at radius 3 is 2.10 bits per heavy atom. The number of aliphatic hydroxyl groups excluding tert-OH is 2. The van der Waals surface area contributed by atoms with Crippen molar-refractivity contribution in [1.29, 1.82) is 5.26 Å². The highest BCUT2D eigenvalue weighted by molar-refractivity contribution is 7.91. The van der Waals surface area contributed by atoms with Crippen LogP contribution < -0.4 is 10.4 Å². The lowest BCUT2D eigenvalue weighted by Crippen LogP contribution is -2.61. The molecule has 9 rings (SSSR count). The first-order chi connectivity index (χ1) is 53.2. The van der Waals surface area contributed by atoms with Gasteiger partial charge in [-0.25, -0.2) is 36.8 Å². The topological polar surface area (TPSA) is 364 Å². The zero-order valence-corrected chi connectivity index (χ0v) is 67.6. The van der Waals surface area contributed by atoms with E-state index in [0.29, 0.717) is 69.4 Å². The van der Waals surface area contributed by atoms with Crippen LogP contribution in [-0.2, 0) is 84.4 Å². The number of aliphatic hydroxyl groups is 4. The minimum Gasteiger partial charge on any atom is -0.460 e. The summed E-state index contributed by atoms with van der Waals surface area (Å²) < 4.78 is 127. The molecule has 0 radical (unpaired) electrons. The fourth-order valence-electron chi connectivity index (χ4n) is 14.3. The van der Waals surface area contributed by atoms with E-state index in [4.69, 9.17) is 33.7 Å². The number of Topliss-reactive ketones (excluding diaryl/α,β-unsaturated/α-hetero) is 3. The van der Waals surface area contributed by atoms with E-state index in [2.05, 4.69) is 5.09 Å². The minimum absolute atomic E-state index is 0.0193. The summed E-state index contributed by atoms with van der Waals surface area (Å²) in [6, 6.07) is 15.7. The van der Waals surface area contributed by atoms with Gasteiger partial charge in [0.15, 0.2) is 21.2 Å². The molecule has 5 fully saturated rings. The number of ketones is 3. The van der Waals surface area contributed by atoms with Crippen LogP contribution >= 0.6 is 7.59 Å². The average molecular weight is 1630 g/mol. The zero-order valence-electron chi connectivity index (χ0n) is 65.9. The summed E-state index contributed by atoms with van der Waals surface area (Å²) in [5.41, 5.74) is -2.69. The largest absolute Gasteiger partial charge is 0.460 e. The molecule has 4 saturated heterocycles. The Morgan fingerprint density at radius 2 is 1.49 bits per heavy atom. The van der Waals surface area contributed by atoms with E-state index < -0.39 is 148 Å². The SMILES string of the molecule is CO[C@H]1C[C@@H]2CC[C@@H](C)[C@@](O)(O2)C(=O)C(=O)N2CCCC[C@H]2C(=O)O[C@H]([C@@H](C)C[C@@H]2CC[C@@H](O)[C@H](OC)C2)CC(=O)[C@H](C)/C=C(\C)[C@@H](O)[C@@H](OC)C(=O)[C@H](C)C[C@H](C)/C=C/C=CC=C1C.C[C@](O)(CS(=O)(=O)c1ccc(F)cc1)C(=O)Nc1ccc(C#N)c(C(F)(F)F)c1.O=C(NP(=O)(N1CC1)N1CC1)OCc1ccccc1. The monoisotopic (exact) mass is 1620 g/mol. The van der Waals surface area contributed by atoms with Crippen molar-refractivity contribution in [3.63, 3.8) is 0 Å². The number of benzene rings is 3. The van der Waals surface area contributed by atoms with E-state index in [1.165, 1.54) is 18.1 Å². The average Bonchev–Trinajstić information content (AvgIpc) is 1.63. The Morgan fingerprint density at radius 1 is 0.823 bits per heavy atom. The molecule has 0 spiro atoms. The van der Waals surface area contributed by atoms with Gasteiger partial charge in [-0.3, -0.25) is 28.5 Å². The number of nitrogens with one attached hydrogen (secondary N) is 2. The van der Waals surface area contributed by atoms with Crippen molar-refractivity contribution >= 4 is 64.3 Å². The number of methoxy groups -OCH3 is 3. The Balaban J connectivity index is 0.000000297. The Bertz CT molecular complexity index is 4120. The second-order valence-corrected chi connectivity index (χ2v) is 35.0. The quantitative estimate of drug-likeness (QED) is 0.0148. The maximum absolute atomic E-state index is 14.4. The Labute approximate surface area is 658 Å². The summed E-state index contributed by atoms with van der Waals surface area (Å²) in [6.07, 6.45) is 5.70. The number of fused-ring (bicyclic) bond motifs is 3. The van der Waals surface area contributed by atoms with Gasteiger partial charge in [0, 0.05) is 90.3 Å². The normalized spacial score (nSPS) is 29.3. The molecule has 113 heavy (non-hydrogen) atoms. The number of piperidine rings is 1. The van der Waals surface area contributed by atoms with Crippen molar-refractivity contribution in [3.05, 3.63) is 143 Å². The van der Waals surface area contributed by atoms with Crippen molar-refractivity contribution < 1.29 is 113 Å². The van der Waals surface area contributed by atoms with Gasteiger partial charge >= 0.3 is 25.8 Å². The van der Waals surface area contributed by atoms with E-state index in [1.807, 2.05) is 93.7 Å².